The number of rotatable bonds is 5. The molecule has 4 rings (SSSR count). The molecular formula is C23H21N3O2. The third-order valence-corrected chi connectivity index (χ3v) is 4.43. The Labute approximate surface area is 163 Å². The molecule has 0 unspecified atom stereocenters. The number of hydrogen-bond donors (Lipinski definition) is 1. The maximum Gasteiger partial charge on any atom is 0.122 e. The molecule has 0 bridgehead atoms. The average Bonchev–Trinajstić information content (AvgIpc) is 2.73. The fourth-order valence-corrected chi connectivity index (χ4v) is 3.14. The molecule has 0 spiro atoms. The first-order chi connectivity index (χ1) is 13.6. The molecule has 0 aliphatic carbocycles. The van der Waals surface area contributed by atoms with Crippen molar-refractivity contribution in [3.05, 3.63) is 84.4 Å². The number of benzene rings is 1. The number of fused-ring (bicyclic) bond motifs is 1. The predicted molar refractivity (Wildman–Crippen MR) is 109 cm³/mol. The molecule has 3 heterocycles. The highest BCUT2D eigenvalue weighted by atomic mass is 16.5. The zero-order chi connectivity index (χ0) is 19.5. The topological polar surface area (TPSA) is 68.1 Å². The number of ether oxygens (including phenoxy) is 1. The molecule has 1 aromatic carbocycles. The molecule has 0 saturated carbocycles. The second kappa shape index (κ2) is 7.74. The van der Waals surface area contributed by atoms with Gasteiger partial charge in [0, 0.05) is 29.5 Å². The lowest BCUT2D eigenvalue weighted by atomic mass is 10.0. The lowest BCUT2D eigenvalue weighted by Crippen LogP contribution is -2.07. The van der Waals surface area contributed by atoms with Gasteiger partial charge in [-0.25, -0.2) is 4.98 Å². The first-order valence-corrected chi connectivity index (χ1v) is 9.22. The van der Waals surface area contributed by atoms with Crippen LogP contribution in [0.2, 0.25) is 0 Å². The summed E-state index contributed by atoms with van der Waals surface area (Å²) in [7, 11) is 0. The number of aromatic nitrogens is 3. The zero-order valence-corrected chi connectivity index (χ0v) is 15.8. The van der Waals surface area contributed by atoms with Gasteiger partial charge in [-0.2, -0.15) is 0 Å². The van der Waals surface area contributed by atoms with E-state index in [4.69, 9.17) is 9.72 Å². The normalized spacial score (nSPS) is 12.3. The summed E-state index contributed by atoms with van der Waals surface area (Å²) in [5.41, 5.74) is 3.80. The zero-order valence-electron chi connectivity index (χ0n) is 15.8. The third-order valence-electron chi connectivity index (χ3n) is 4.43. The van der Waals surface area contributed by atoms with Gasteiger partial charge in [-0.1, -0.05) is 12.1 Å². The predicted octanol–water partition coefficient (Wildman–Crippen LogP) is 4.56. The molecule has 3 aromatic heterocycles. The van der Waals surface area contributed by atoms with E-state index in [9.17, 15) is 5.11 Å². The number of hydrogen-bond acceptors (Lipinski definition) is 5. The molecule has 0 aliphatic rings. The highest BCUT2D eigenvalue weighted by Gasteiger charge is 2.18. The Hall–Kier alpha value is -3.31. The number of aliphatic hydroxyl groups is 1. The first kappa shape index (κ1) is 18.1. The van der Waals surface area contributed by atoms with Crippen LogP contribution < -0.4 is 4.74 Å². The quantitative estimate of drug-likeness (QED) is 0.557. The van der Waals surface area contributed by atoms with Crippen molar-refractivity contribution in [2.45, 2.75) is 26.1 Å². The minimum Gasteiger partial charge on any atom is -0.491 e. The minimum atomic E-state index is -0.874. The van der Waals surface area contributed by atoms with E-state index in [0.29, 0.717) is 5.69 Å². The third kappa shape index (κ3) is 3.70. The van der Waals surface area contributed by atoms with E-state index in [1.165, 1.54) is 0 Å². The summed E-state index contributed by atoms with van der Waals surface area (Å²) in [4.78, 5) is 13.3. The molecule has 5 nitrogen and oxygen atoms in total. The molecule has 28 heavy (non-hydrogen) atoms. The molecule has 140 valence electrons. The van der Waals surface area contributed by atoms with Crippen LogP contribution in [0.4, 0.5) is 0 Å². The van der Waals surface area contributed by atoms with Gasteiger partial charge >= 0.3 is 0 Å². The van der Waals surface area contributed by atoms with E-state index in [-0.39, 0.29) is 6.10 Å². The van der Waals surface area contributed by atoms with Gasteiger partial charge in [-0.15, -0.1) is 0 Å². The number of aliphatic hydroxyl groups excluding tert-OH is 1. The largest absolute Gasteiger partial charge is 0.491 e. The molecule has 0 amide bonds. The van der Waals surface area contributed by atoms with Crippen LogP contribution in [0.1, 0.15) is 31.2 Å². The van der Waals surface area contributed by atoms with Gasteiger partial charge in [-0.3, -0.25) is 9.97 Å². The van der Waals surface area contributed by atoms with E-state index in [1.54, 1.807) is 18.6 Å². The van der Waals surface area contributed by atoms with Crippen molar-refractivity contribution in [2.24, 2.45) is 0 Å². The summed E-state index contributed by atoms with van der Waals surface area (Å²) < 4.78 is 5.69. The van der Waals surface area contributed by atoms with Crippen LogP contribution in [-0.4, -0.2) is 26.2 Å². The van der Waals surface area contributed by atoms with E-state index >= 15 is 0 Å². The highest BCUT2D eigenvalue weighted by molar-refractivity contribution is 5.85. The minimum absolute atomic E-state index is 0.101. The molecule has 0 radical (unpaired) electrons. The first-order valence-electron chi connectivity index (χ1n) is 9.22. The second-order valence-electron chi connectivity index (χ2n) is 6.84. The van der Waals surface area contributed by atoms with Crippen molar-refractivity contribution >= 4 is 10.9 Å². The Balaban J connectivity index is 1.78. The van der Waals surface area contributed by atoms with Crippen LogP contribution in [0.15, 0.2) is 73.2 Å². The number of pyridine rings is 3. The summed E-state index contributed by atoms with van der Waals surface area (Å²) >= 11 is 0. The van der Waals surface area contributed by atoms with Crippen LogP contribution in [0.3, 0.4) is 0 Å². The van der Waals surface area contributed by atoms with Gasteiger partial charge in [0.25, 0.3) is 0 Å². The Morgan fingerprint density at radius 2 is 1.68 bits per heavy atom. The fraction of sp³-hybridized carbons (Fsp3) is 0.174. The summed E-state index contributed by atoms with van der Waals surface area (Å²) in [6, 6.07) is 17.0. The maximum atomic E-state index is 11.1. The van der Waals surface area contributed by atoms with Gasteiger partial charge < -0.3 is 9.84 Å². The van der Waals surface area contributed by atoms with Crippen molar-refractivity contribution in [1.29, 1.82) is 0 Å². The summed E-state index contributed by atoms with van der Waals surface area (Å²) in [6.45, 7) is 3.97. The standard InChI is InChI=1S/C23H21N3O2/c1-15(2)28-18-7-5-17(6-8-18)23(27)22-19-4-3-11-25-21(19)14-20(26-22)16-9-12-24-13-10-16/h3-15,23,27H,1-2H3/t23-/m1/s1. The summed E-state index contributed by atoms with van der Waals surface area (Å²) in [5.74, 6) is 0.774. The van der Waals surface area contributed by atoms with Crippen molar-refractivity contribution in [3.63, 3.8) is 0 Å². The lowest BCUT2D eigenvalue weighted by molar-refractivity contribution is 0.216. The van der Waals surface area contributed by atoms with Crippen LogP contribution in [0.25, 0.3) is 22.2 Å². The molecule has 1 N–H and O–H groups in total. The van der Waals surface area contributed by atoms with E-state index in [1.807, 2.05) is 68.4 Å². The lowest BCUT2D eigenvalue weighted by Gasteiger charge is -2.16. The van der Waals surface area contributed by atoms with Crippen LogP contribution >= 0.6 is 0 Å². The Kier molecular flexibility index (Phi) is 5.00. The van der Waals surface area contributed by atoms with Gasteiger partial charge in [0.2, 0.25) is 0 Å². The summed E-state index contributed by atoms with van der Waals surface area (Å²) in [6.07, 6.45) is 4.42. The Morgan fingerprint density at radius 1 is 0.929 bits per heavy atom. The van der Waals surface area contributed by atoms with Gasteiger partial charge in [0.1, 0.15) is 11.9 Å². The maximum absolute atomic E-state index is 11.1. The van der Waals surface area contributed by atoms with Gasteiger partial charge in [0.05, 0.1) is 23.0 Å². The van der Waals surface area contributed by atoms with Crippen LogP contribution in [0, 0.1) is 0 Å². The highest BCUT2D eigenvalue weighted by Crippen LogP contribution is 2.31. The molecule has 1 atom stereocenters. The van der Waals surface area contributed by atoms with Crippen molar-refractivity contribution in [1.82, 2.24) is 15.0 Å². The van der Waals surface area contributed by atoms with E-state index in [2.05, 4.69) is 9.97 Å². The van der Waals surface area contributed by atoms with E-state index < -0.39 is 6.10 Å². The van der Waals surface area contributed by atoms with Crippen molar-refractivity contribution in [3.8, 4) is 17.0 Å². The molecular weight excluding hydrogens is 350 g/mol. The van der Waals surface area contributed by atoms with Crippen molar-refractivity contribution in [2.75, 3.05) is 0 Å². The molecule has 0 aliphatic heterocycles. The van der Waals surface area contributed by atoms with Crippen LogP contribution in [0.5, 0.6) is 5.75 Å². The van der Waals surface area contributed by atoms with Gasteiger partial charge in [-0.05, 0) is 61.9 Å². The second-order valence-corrected chi connectivity index (χ2v) is 6.84. The Morgan fingerprint density at radius 3 is 2.39 bits per heavy atom. The molecule has 5 heteroatoms. The summed E-state index contributed by atoms with van der Waals surface area (Å²) in [5, 5.41) is 11.9. The molecule has 0 saturated heterocycles. The van der Waals surface area contributed by atoms with E-state index in [0.717, 1.165) is 33.5 Å². The SMILES string of the molecule is CC(C)Oc1ccc([C@@H](O)c2nc(-c3ccncc3)cc3ncccc23)cc1. The molecule has 0 fully saturated rings. The Bertz CT molecular complexity index is 1080. The van der Waals surface area contributed by atoms with Crippen LogP contribution in [-0.2, 0) is 0 Å². The smallest absolute Gasteiger partial charge is 0.122 e. The number of nitrogens with zero attached hydrogens (tertiary/aromatic N) is 3. The van der Waals surface area contributed by atoms with Crippen molar-refractivity contribution < 1.29 is 9.84 Å². The fourth-order valence-electron chi connectivity index (χ4n) is 3.14. The monoisotopic (exact) mass is 371 g/mol. The van der Waals surface area contributed by atoms with Gasteiger partial charge in [0.15, 0.2) is 0 Å². The average molecular weight is 371 g/mol. The molecule has 4 aromatic rings.